The van der Waals surface area contributed by atoms with Crippen molar-refractivity contribution in [3.05, 3.63) is 15.6 Å². The minimum absolute atomic E-state index is 0.153. The smallest absolute Gasteiger partial charge is 0.0963 e. The number of nitrogens with two attached hydrogens (primary N) is 1. The van der Waals surface area contributed by atoms with E-state index in [9.17, 15) is 0 Å². The van der Waals surface area contributed by atoms with Crippen molar-refractivity contribution in [1.82, 2.24) is 4.98 Å². The molecule has 1 aromatic heterocycles. The molecule has 102 valence electrons. The summed E-state index contributed by atoms with van der Waals surface area (Å²) in [5, 5.41) is 1.30. The van der Waals surface area contributed by atoms with E-state index in [1.807, 2.05) is 11.3 Å². The van der Waals surface area contributed by atoms with Crippen LogP contribution in [-0.2, 0) is 10.2 Å². The molecule has 0 spiro atoms. The van der Waals surface area contributed by atoms with Crippen LogP contribution in [0.4, 0.5) is 0 Å². The normalized spacial score (nSPS) is 18.2. The zero-order valence-electron chi connectivity index (χ0n) is 11.7. The van der Waals surface area contributed by atoms with E-state index in [-0.39, 0.29) is 5.41 Å². The van der Waals surface area contributed by atoms with E-state index >= 15 is 0 Å². The van der Waals surface area contributed by atoms with Crippen molar-refractivity contribution in [2.75, 3.05) is 19.8 Å². The fraction of sp³-hybridized carbons (Fsp3) is 0.786. The number of rotatable bonds is 4. The van der Waals surface area contributed by atoms with Crippen LogP contribution in [0.2, 0.25) is 0 Å². The second-order valence-corrected chi connectivity index (χ2v) is 6.81. The molecular weight excluding hydrogens is 244 g/mol. The Labute approximate surface area is 114 Å². The van der Waals surface area contributed by atoms with E-state index in [0.717, 1.165) is 39.0 Å². The molecule has 1 fully saturated rings. The van der Waals surface area contributed by atoms with Crippen LogP contribution in [0.25, 0.3) is 0 Å². The highest BCUT2D eigenvalue weighted by Gasteiger charge is 2.28. The molecule has 0 atom stereocenters. The maximum Gasteiger partial charge on any atom is 0.0963 e. The summed E-state index contributed by atoms with van der Waals surface area (Å²) in [5.74, 6) is 0.602. The summed E-state index contributed by atoms with van der Waals surface area (Å²) in [6.07, 6.45) is 3.25. The number of ether oxygens (including phenoxy) is 1. The van der Waals surface area contributed by atoms with Crippen LogP contribution >= 0.6 is 11.3 Å². The first-order valence-corrected chi connectivity index (χ1v) is 7.62. The third-order valence-electron chi connectivity index (χ3n) is 3.77. The maximum atomic E-state index is 5.72. The lowest BCUT2D eigenvalue weighted by Gasteiger charge is -2.23. The van der Waals surface area contributed by atoms with Crippen molar-refractivity contribution in [3.8, 4) is 0 Å². The summed E-state index contributed by atoms with van der Waals surface area (Å²) in [7, 11) is 0. The monoisotopic (exact) mass is 268 g/mol. The zero-order chi connectivity index (χ0) is 13.2. The summed E-state index contributed by atoms with van der Waals surface area (Å²) >= 11 is 1.89. The largest absolute Gasteiger partial charge is 0.381 e. The lowest BCUT2D eigenvalue weighted by atomic mass is 9.87. The average molecular weight is 268 g/mol. The number of thiazole rings is 1. The number of hydrogen-bond acceptors (Lipinski definition) is 4. The molecule has 0 saturated carbocycles. The second-order valence-electron chi connectivity index (χ2n) is 5.78. The molecule has 0 amide bonds. The first kappa shape index (κ1) is 14.0. The number of aryl methyl sites for hydroxylation is 1. The highest BCUT2D eigenvalue weighted by atomic mass is 32.1. The first-order chi connectivity index (χ1) is 8.54. The average Bonchev–Trinajstić information content (AvgIpc) is 2.73. The lowest BCUT2D eigenvalue weighted by Crippen LogP contribution is -2.21. The standard InChI is InChI=1S/C14H24N2OS/c1-10-12(14(2,3)6-7-15)18-13(16-10)11-4-8-17-9-5-11/h11H,4-9,15H2,1-3H3. The van der Waals surface area contributed by atoms with Gasteiger partial charge in [-0.3, -0.25) is 0 Å². The van der Waals surface area contributed by atoms with Gasteiger partial charge in [0.05, 0.1) is 10.7 Å². The molecule has 0 bridgehead atoms. The third kappa shape index (κ3) is 2.92. The minimum Gasteiger partial charge on any atom is -0.381 e. The van der Waals surface area contributed by atoms with Crippen molar-refractivity contribution in [1.29, 1.82) is 0 Å². The molecule has 4 heteroatoms. The molecule has 1 aromatic rings. The van der Waals surface area contributed by atoms with Crippen molar-refractivity contribution in [3.63, 3.8) is 0 Å². The second kappa shape index (κ2) is 5.68. The zero-order valence-corrected chi connectivity index (χ0v) is 12.5. The molecule has 1 aliphatic heterocycles. The summed E-state index contributed by atoms with van der Waals surface area (Å²) < 4.78 is 5.42. The van der Waals surface area contributed by atoms with E-state index in [0.29, 0.717) is 5.92 Å². The van der Waals surface area contributed by atoms with Gasteiger partial charge in [-0.1, -0.05) is 13.8 Å². The van der Waals surface area contributed by atoms with Gasteiger partial charge in [0.15, 0.2) is 0 Å². The van der Waals surface area contributed by atoms with Crippen molar-refractivity contribution in [2.45, 2.75) is 51.4 Å². The van der Waals surface area contributed by atoms with Gasteiger partial charge in [-0.2, -0.15) is 0 Å². The molecular formula is C14H24N2OS. The number of aromatic nitrogens is 1. The topological polar surface area (TPSA) is 48.1 Å². The Morgan fingerprint density at radius 2 is 2.06 bits per heavy atom. The van der Waals surface area contributed by atoms with E-state index in [1.54, 1.807) is 0 Å². The van der Waals surface area contributed by atoms with Crippen molar-refractivity contribution in [2.24, 2.45) is 5.73 Å². The molecule has 2 heterocycles. The predicted molar refractivity (Wildman–Crippen MR) is 76.3 cm³/mol. The van der Waals surface area contributed by atoms with Gasteiger partial charge < -0.3 is 10.5 Å². The SMILES string of the molecule is Cc1nc(C2CCOCC2)sc1C(C)(C)CCN. The van der Waals surface area contributed by atoms with Crippen LogP contribution in [0.5, 0.6) is 0 Å². The molecule has 0 radical (unpaired) electrons. The summed E-state index contributed by atoms with van der Waals surface area (Å²) in [4.78, 5) is 6.22. The van der Waals surface area contributed by atoms with E-state index < -0.39 is 0 Å². The van der Waals surface area contributed by atoms with Gasteiger partial charge in [-0.05, 0) is 32.7 Å². The predicted octanol–water partition coefficient (Wildman–Crippen LogP) is 2.97. The van der Waals surface area contributed by atoms with Crippen LogP contribution in [0, 0.1) is 6.92 Å². The van der Waals surface area contributed by atoms with Gasteiger partial charge >= 0.3 is 0 Å². The van der Waals surface area contributed by atoms with Gasteiger partial charge in [-0.25, -0.2) is 4.98 Å². The fourth-order valence-corrected chi connectivity index (χ4v) is 4.00. The van der Waals surface area contributed by atoms with Crippen LogP contribution < -0.4 is 5.73 Å². The molecule has 0 aliphatic carbocycles. The van der Waals surface area contributed by atoms with Crippen molar-refractivity contribution < 1.29 is 4.74 Å². The summed E-state index contributed by atoms with van der Waals surface area (Å²) in [6.45, 7) is 9.17. The van der Waals surface area contributed by atoms with E-state index in [4.69, 9.17) is 15.5 Å². The Morgan fingerprint density at radius 3 is 2.67 bits per heavy atom. The molecule has 3 nitrogen and oxygen atoms in total. The third-order valence-corrected chi connectivity index (χ3v) is 5.45. The summed E-state index contributed by atoms with van der Waals surface area (Å²) in [6, 6.07) is 0. The van der Waals surface area contributed by atoms with Gasteiger partial charge in [0.25, 0.3) is 0 Å². The molecule has 1 aliphatic rings. The van der Waals surface area contributed by atoms with Gasteiger partial charge in [0, 0.05) is 29.4 Å². The molecule has 2 rings (SSSR count). The van der Waals surface area contributed by atoms with Crippen LogP contribution in [0.15, 0.2) is 0 Å². The Bertz CT molecular complexity index is 394. The molecule has 18 heavy (non-hydrogen) atoms. The van der Waals surface area contributed by atoms with Crippen LogP contribution in [0.3, 0.4) is 0 Å². The highest BCUT2D eigenvalue weighted by Crippen LogP contribution is 2.38. The Kier molecular flexibility index (Phi) is 4.41. The minimum atomic E-state index is 0.153. The van der Waals surface area contributed by atoms with Gasteiger partial charge in [0.1, 0.15) is 0 Å². The maximum absolute atomic E-state index is 5.72. The van der Waals surface area contributed by atoms with Crippen LogP contribution in [-0.4, -0.2) is 24.7 Å². The lowest BCUT2D eigenvalue weighted by molar-refractivity contribution is 0.0852. The van der Waals surface area contributed by atoms with Crippen LogP contribution in [0.1, 0.15) is 54.6 Å². The van der Waals surface area contributed by atoms with E-state index in [1.165, 1.54) is 15.6 Å². The Hall–Kier alpha value is -0.450. The summed E-state index contributed by atoms with van der Waals surface area (Å²) in [5.41, 5.74) is 7.07. The molecule has 0 unspecified atom stereocenters. The van der Waals surface area contributed by atoms with Gasteiger partial charge in [0.2, 0.25) is 0 Å². The Morgan fingerprint density at radius 1 is 1.39 bits per heavy atom. The number of nitrogens with zero attached hydrogens (tertiary/aromatic N) is 1. The Balaban J connectivity index is 2.20. The number of hydrogen-bond donors (Lipinski definition) is 1. The first-order valence-electron chi connectivity index (χ1n) is 6.80. The van der Waals surface area contributed by atoms with Crippen molar-refractivity contribution >= 4 is 11.3 Å². The molecule has 0 aromatic carbocycles. The quantitative estimate of drug-likeness (QED) is 0.913. The molecule has 1 saturated heterocycles. The van der Waals surface area contributed by atoms with Gasteiger partial charge in [-0.15, -0.1) is 11.3 Å². The van der Waals surface area contributed by atoms with E-state index in [2.05, 4.69) is 20.8 Å². The highest BCUT2D eigenvalue weighted by molar-refractivity contribution is 7.12. The molecule has 2 N–H and O–H groups in total. The fourth-order valence-electron chi connectivity index (χ4n) is 2.64.